The first-order valence-corrected chi connectivity index (χ1v) is 11.6. The molecule has 33 heavy (non-hydrogen) atoms. The molecule has 1 aromatic carbocycles. The molecule has 1 aliphatic rings. The molecule has 0 bridgehead atoms. The number of halogens is 6. The van der Waals surface area contributed by atoms with Crippen molar-refractivity contribution in [3.8, 4) is 11.8 Å². The van der Waals surface area contributed by atoms with Gasteiger partial charge in [-0.15, -0.1) is 17.3 Å². The Morgan fingerprint density at radius 2 is 1.70 bits per heavy atom. The van der Waals surface area contributed by atoms with E-state index in [4.69, 9.17) is 0 Å². The van der Waals surface area contributed by atoms with Crippen molar-refractivity contribution in [3.63, 3.8) is 0 Å². The summed E-state index contributed by atoms with van der Waals surface area (Å²) in [6.45, 7) is 1.51. The molecule has 0 saturated carbocycles. The first kappa shape index (κ1) is 25.3. The molecule has 1 aliphatic heterocycles. The molecule has 1 atom stereocenters. The molecule has 0 unspecified atom stereocenters. The molecule has 0 spiro atoms. The average Bonchev–Trinajstić information content (AvgIpc) is 3.28. The first-order chi connectivity index (χ1) is 15.2. The monoisotopic (exact) mass is 513 g/mol. The SMILES string of the molecule is CC#C[C@H]1CN(S(=O)(=O)c2nccs2)CCN1c1ccc(C(O)(C(F)(F)F)C(F)(F)F)cc1. The minimum Gasteiger partial charge on any atom is -0.369 e. The Hall–Kier alpha value is -2.34. The van der Waals surface area contributed by atoms with E-state index in [0.717, 1.165) is 23.5 Å². The molecule has 1 aromatic heterocycles. The van der Waals surface area contributed by atoms with Gasteiger partial charge >= 0.3 is 12.4 Å². The molecular formula is C19H17F6N3O3S2. The van der Waals surface area contributed by atoms with Gasteiger partial charge in [0.05, 0.1) is 0 Å². The number of piperazine rings is 1. The predicted molar refractivity (Wildman–Crippen MR) is 108 cm³/mol. The van der Waals surface area contributed by atoms with Crippen LogP contribution in [-0.2, 0) is 15.6 Å². The number of sulfonamides is 1. The van der Waals surface area contributed by atoms with Gasteiger partial charge in [0.2, 0.25) is 4.34 Å². The van der Waals surface area contributed by atoms with E-state index in [1.807, 2.05) is 0 Å². The Labute approximate surface area is 189 Å². The van der Waals surface area contributed by atoms with Gasteiger partial charge in [-0.3, -0.25) is 0 Å². The standard InChI is InChI=1S/C19H17F6N3O3S2/c1-2-3-15-12-27(33(30,31)16-26-8-11-32-16)9-10-28(15)14-6-4-13(5-7-14)17(29,18(20,21)22)19(23,24)25/h4-8,11,15,29H,9-10,12H2,1H3/t15-/m0/s1. The van der Waals surface area contributed by atoms with Gasteiger partial charge in [-0.1, -0.05) is 18.1 Å². The zero-order chi connectivity index (χ0) is 24.7. The maximum atomic E-state index is 13.1. The Morgan fingerprint density at radius 1 is 1.09 bits per heavy atom. The summed E-state index contributed by atoms with van der Waals surface area (Å²) in [5, 5.41) is 11.1. The third-order valence-electron chi connectivity index (χ3n) is 5.06. The van der Waals surface area contributed by atoms with E-state index in [1.165, 1.54) is 22.8 Å². The van der Waals surface area contributed by atoms with Crippen LogP contribution in [0, 0.1) is 11.8 Å². The molecule has 1 fully saturated rings. The van der Waals surface area contributed by atoms with Crippen LogP contribution >= 0.6 is 11.3 Å². The van der Waals surface area contributed by atoms with Crippen molar-refractivity contribution in [2.45, 2.75) is 35.3 Å². The Morgan fingerprint density at radius 3 is 2.18 bits per heavy atom. The van der Waals surface area contributed by atoms with Gasteiger partial charge < -0.3 is 10.0 Å². The fraction of sp³-hybridized carbons (Fsp3) is 0.421. The summed E-state index contributed by atoms with van der Waals surface area (Å²) >= 11 is 0.945. The minimum atomic E-state index is -5.99. The van der Waals surface area contributed by atoms with Gasteiger partial charge in [0.15, 0.2) is 0 Å². The number of rotatable bonds is 4. The number of nitrogens with zero attached hydrogens (tertiary/aromatic N) is 3. The molecule has 0 aliphatic carbocycles. The van der Waals surface area contributed by atoms with E-state index in [9.17, 15) is 39.9 Å². The van der Waals surface area contributed by atoms with Gasteiger partial charge in [0.1, 0.15) is 6.04 Å². The minimum absolute atomic E-state index is 0.000594. The Bertz CT molecular complexity index is 1120. The third-order valence-corrected chi connectivity index (χ3v) is 8.11. The summed E-state index contributed by atoms with van der Waals surface area (Å²) in [6, 6.07) is 2.39. The highest BCUT2D eigenvalue weighted by molar-refractivity contribution is 7.91. The number of aromatic nitrogens is 1. The second kappa shape index (κ2) is 8.79. The number of aliphatic hydroxyl groups is 1. The topological polar surface area (TPSA) is 73.7 Å². The summed E-state index contributed by atoms with van der Waals surface area (Å²) in [5.74, 6) is 5.47. The zero-order valence-electron chi connectivity index (χ0n) is 16.9. The van der Waals surface area contributed by atoms with E-state index < -0.39 is 39.6 Å². The molecule has 2 heterocycles. The molecule has 1 saturated heterocycles. The summed E-state index contributed by atoms with van der Waals surface area (Å²) in [5.41, 5.74) is -6.18. The van der Waals surface area contributed by atoms with E-state index in [2.05, 4.69) is 16.8 Å². The predicted octanol–water partition coefficient (Wildman–Crippen LogP) is 3.36. The second-order valence-electron chi connectivity index (χ2n) is 7.02. The summed E-state index contributed by atoms with van der Waals surface area (Å²) < 4.78 is 105. The zero-order valence-corrected chi connectivity index (χ0v) is 18.5. The lowest BCUT2D eigenvalue weighted by molar-refractivity contribution is -0.376. The number of alkyl halides is 6. The van der Waals surface area contributed by atoms with Crippen molar-refractivity contribution in [2.24, 2.45) is 0 Å². The van der Waals surface area contributed by atoms with E-state index in [0.29, 0.717) is 12.1 Å². The summed E-state index contributed by atoms with van der Waals surface area (Å²) in [7, 11) is -3.87. The van der Waals surface area contributed by atoms with Crippen molar-refractivity contribution in [1.29, 1.82) is 0 Å². The van der Waals surface area contributed by atoms with Crippen LogP contribution in [0.4, 0.5) is 32.0 Å². The highest BCUT2D eigenvalue weighted by Gasteiger charge is 2.71. The normalized spacial score (nSPS) is 18.7. The lowest BCUT2D eigenvalue weighted by Gasteiger charge is -2.40. The molecular weight excluding hydrogens is 496 g/mol. The molecule has 1 N–H and O–H groups in total. The van der Waals surface area contributed by atoms with Gasteiger partial charge in [-0.25, -0.2) is 13.4 Å². The Balaban J connectivity index is 1.90. The molecule has 6 nitrogen and oxygen atoms in total. The van der Waals surface area contributed by atoms with E-state index >= 15 is 0 Å². The summed E-state index contributed by atoms with van der Waals surface area (Å²) in [6.07, 6.45) is -10.6. The van der Waals surface area contributed by atoms with Crippen molar-refractivity contribution in [3.05, 3.63) is 41.4 Å². The number of thiazole rings is 1. The second-order valence-corrected chi connectivity index (χ2v) is 10.0. The third kappa shape index (κ3) is 4.54. The smallest absolute Gasteiger partial charge is 0.369 e. The van der Waals surface area contributed by atoms with E-state index in [1.54, 1.807) is 4.90 Å². The van der Waals surface area contributed by atoms with Gasteiger partial charge in [-0.05, 0) is 19.1 Å². The van der Waals surface area contributed by atoms with Crippen molar-refractivity contribution >= 4 is 27.0 Å². The molecule has 0 amide bonds. The maximum Gasteiger partial charge on any atom is 0.430 e. The Kier molecular flexibility index (Phi) is 6.73. The maximum absolute atomic E-state index is 13.1. The fourth-order valence-electron chi connectivity index (χ4n) is 3.41. The first-order valence-electron chi connectivity index (χ1n) is 9.28. The van der Waals surface area contributed by atoms with Crippen LogP contribution in [0.5, 0.6) is 0 Å². The number of hydrogen-bond acceptors (Lipinski definition) is 6. The number of anilines is 1. The quantitative estimate of drug-likeness (QED) is 0.502. The van der Waals surface area contributed by atoms with Gasteiger partial charge in [0.25, 0.3) is 15.6 Å². The highest BCUT2D eigenvalue weighted by atomic mass is 32.2. The van der Waals surface area contributed by atoms with Crippen LogP contribution in [0.25, 0.3) is 0 Å². The van der Waals surface area contributed by atoms with Crippen LogP contribution in [0.2, 0.25) is 0 Å². The number of hydrogen-bond donors (Lipinski definition) is 1. The van der Waals surface area contributed by atoms with Crippen LogP contribution in [0.1, 0.15) is 12.5 Å². The lowest BCUT2D eigenvalue weighted by Crippen LogP contribution is -2.54. The molecule has 0 radical (unpaired) electrons. The van der Waals surface area contributed by atoms with Crippen LogP contribution < -0.4 is 4.90 Å². The molecule has 180 valence electrons. The average molecular weight is 513 g/mol. The largest absolute Gasteiger partial charge is 0.430 e. The molecule has 14 heteroatoms. The highest BCUT2D eigenvalue weighted by Crippen LogP contribution is 2.50. The van der Waals surface area contributed by atoms with Crippen molar-refractivity contribution in [2.75, 3.05) is 24.5 Å². The molecule has 2 aromatic rings. The van der Waals surface area contributed by atoms with E-state index in [-0.39, 0.29) is 29.7 Å². The van der Waals surface area contributed by atoms with Crippen LogP contribution in [-0.4, -0.2) is 60.8 Å². The summed E-state index contributed by atoms with van der Waals surface area (Å²) in [4.78, 5) is 5.39. The molecule has 3 rings (SSSR count). The lowest BCUT2D eigenvalue weighted by atomic mass is 9.92. The number of benzene rings is 1. The van der Waals surface area contributed by atoms with Crippen LogP contribution in [0.3, 0.4) is 0 Å². The van der Waals surface area contributed by atoms with Crippen molar-refractivity contribution in [1.82, 2.24) is 9.29 Å². The van der Waals surface area contributed by atoms with Gasteiger partial charge in [0, 0.05) is 42.5 Å². The van der Waals surface area contributed by atoms with Crippen molar-refractivity contribution < 1.29 is 39.9 Å². The van der Waals surface area contributed by atoms with Gasteiger partial charge in [-0.2, -0.15) is 30.6 Å². The fourth-order valence-corrected chi connectivity index (χ4v) is 5.81. The van der Waals surface area contributed by atoms with Crippen LogP contribution in [0.15, 0.2) is 40.2 Å².